The summed E-state index contributed by atoms with van der Waals surface area (Å²) >= 11 is 0. The third-order valence-electron chi connectivity index (χ3n) is 4.56. The number of rotatable bonds is 9. The van der Waals surface area contributed by atoms with Crippen LogP contribution in [0.15, 0.2) is 41.7 Å². The summed E-state index contributed by atoms with van der Waals surface area (Å²) in [4.78, 5) is 8.76. The maximum atomic E-state index is 5.22. The molecule has 1 aromatic carbocycles. The Kier molecular flexibility index (Phi) is 8.17. The predicted octanol–water partition coefficient (Wildman–Crippen LogP) is 3.41. The van der Waals surface area contributed by atoms with Gasteiger partial charge in [-0.05, 0) is 36.0 Å². The highest BCUT2D eigenvalue weighted by atomic mass is 16.5. The van der Waals surface area contributed by atoms with E-state index in [1.54, 1.807) is 14.2 Å². The van der Waals surface area contributed by atoms with Gasteiger partial charge in [0.05, 0.1) is 13.7 Å². The van der Waals surface area contributed by atoms with E-state index in [4.69, 9.17) is 4.74 Å². The maximum absolute atomic E-state index is 5.22. The molecule has 0 aliphatic heterocycles. The molecular weight excluding hydrogens is 338 g/mol. The zero-order chi connectivity index (χ0) is 19.6. The van der Waals surface area contributed by atoms with Crippen LogP contribution in [0.25, 0.3) is 0 Å². The standard InChI is InChI=1S/C21H33N5O/c1-16(2)15-26-13-12-23-20(26)14-25-21(22-4)24-11-10-17(3)18-6-8-19(27-5)9-7-18/h6-9,12-13,16-17H,10-11,14-15H2,1-5H3,(H2,22,24,25). The first kappa shape index (κ1) is 20.8. The minimum atomic E-state index is 0.464. The van der Waals surface area contributed by atoms with Crippen molar-refractivity contribution < 1.29 is 4.74 Å². The van der Waals surface area contributed by atoms with E-state index in [1.165, 1.54) is 5.56 Å². The summed E-state index contributed by atoms with van der Waals surface area (Å²) in [7, 11) is 3.49. The van der Waals surface area contributed by atoms with Crippen molar-refractivity contribution >= 4 is 5.96 Å². The molecule has 1 heterocycles. The van der Waals surface area contributed by atoms with Crippen molar-refractivity contribution in [1.82, 2.24) is 20.2 Å². The quantitative estimate of drug-likeness (QED) is 0.524. The lowest BCUT2D eigenvalue weighted by molar-refractivity contribution is 0.414. The van der Waals surface area contributed by atoms with Crippen LogP contribution in [0, 0.1) is 5.92 Å². The Morgan fingerprint density at radius 2 is 1.93 bits per heavy atom. The minimum Gasteiger partial charge on any atom is -0.497 e. The van der Waals surface area contributed by atoms with Crippen LogP contribution >= 0.6 is 0 Å². The van der Waals surface area contributed by atoms with E-state index in [1.807, 2.05) is 24.5 Å². The number of hydrogen-bond acceptors (Lipinski definition) is 3. The number of nitrogens with one attached hydrogen (secondary N) is 2. The lowest BCUT2D eigenvalue weighted by atomic mass is 9.98. The highest BCUT2D eigenvalue weighted by Gasteiger charge is 2.08. The van der Waals surface area contributed by atoms with Crippen molar-refractivity contribution in [2.75, 3.05) is 20.7 Å². The van der Waals surface area contributed by atoms with Crippen LogP contribution in [0.1, 0.15) is 44.5 Å². The van der Waals surface area contributed by atoms with Gasteiger partial charge in [0.25, 0.3) is 0 Å². The molecule has 0 bridgehead atoms. The average Bonchev–Trinajstić information content (AvgIpc) is 3.10. The fourth-order valence-electron chi connectivity index (χ4n) is 2.96. The van der Waals surface area contributed by atoms with Crippen LogP contribution < -0.4 is 15.4 Å². The molecule has 1 unspecified atom stereocenters. The van der Waals surface area contributed by atoms with Gasteiger partial charge in [-0.2, -0.15) is 0 Å². The molecule has 6 nitrogen and oxygen atoms in total. The van der Waals surface area contributed by atoms with Gasteiger partial charge < -0.3 is 19.9 Å². The van der Waals surface area contributed by atoms with E-state index in [9.17, 15) is 0 Å². The third-order valence-corrected chi connectivity index (χ3v) is 4.56. The second kappa shape index (κ2) is 10.6. The molecular formula is C21H33N5O. The van der Waals surface area contributed by atoms with Gasteiger partial charge in [-0.25, -0.2) is 4.98 Å². The molecule has 0 spiro atoms. The minimum absolute atomic E-state index is 0.464. The Balaban J connectivity index is 1.77. The predicted molar refractivity (Wildman–Crippen MR) is 111 cm³/mol. The van der Waals surface area contributed by atoms with Gasteiger partial charge in [0.15, 0.2) is 5.96 Å². The number of ether oxygens (including phenoxy) is 1. The van der Waals surface area contributed by atoms with Gasteiger partial charge in [0.2, 0.25) is 0 Å². The van der Waals surface area contributed by atoms with Crippen molar-refractivity contribution in [3.63, 3.8) is 0 Å². The van der Waals surface area contributed by atoms with Crippen LogP contribution in [0.2, 0.25) is 0 Å². The van der Waals surface area contributed by atoms with Crippen LogP contribution in [0.5, 0.6) is 5.75 Å². The Labute approximate surface area is 163 Å². The number of hydrogen-bond donors (Lipinski definition) is 2. The highest BCUT2D eigenvalue weighted by Crippen LogP contribution is 2.21. The van der Waals surface area contributed by atoms with Gasteiger partial charge in [-0.3, -0.25) is 4.99 Å². The van der Waals surface area contributed by atoms with Crippen LogP contribution in [0.3, 0.4) is 0 Å². The fourth-order valence-corrected chi connectivity index (χ4v) is 2.96. The van der Waals surface area contributed by atoms with Crippen molar-refractivity contribution in [3.8, 4) is 5.75 Å². The van der Waals surface area contributed by atoms with Gasteiger partial charge in [-0.15, -0.1) is 0 Å². The topological polar surface area (TPSA) is 63.5 Å². The van der Waals surface area contributed by atoms with Crippen molar-refractivity contribution in [3.05, 3.63) is 48.0 Å². The van der Waals surface area contributed by atoms with Crippen LogP contribution in [-0.2, 0) is 13.1 Å². The molecule has 27 heavy (non-hydrogen) atoms. The molecule has 6 heteroatoms. The molecule has 1 atom stereocenters. The molecule has 0 aliphatic rings. The molecule has 0 amide bonds. The second-order valence-electron chi connectivity index (χ2n) is 7.21. The summed E-state index contributed by atoms with van der Waals surface area (Å²) in [5, 5.41) is 6.75. The molecule has 0 fully saturated rings. The van der Waals surface area contributed by atoms with E-state index in [0.717, 1.165) is 37.0 Å². The number of imidazole rings is 1. The van der Waals surface area contributed by atoms with Gasteiger partial charge in [0.1, 0.15) is 11.6 Å². The van der Waals surface area contributed by atoms with Crippen molar-refractivity contribution in [2.24, 2.45) is 10.9 Å². The fraction of sp³-hybridized carbons (Fsp3) is 0.524. The summed E-state index contributed by atoms with van der Waals surface area (Å²) in [6.07, 6.45) is 4.91. The maximum Gasteiger partial charge on any atom is 0.191 e. The smallest absolute Gasteiger partial charge is 0.191 e. The molecule has 1 aromatic heterocycles. The van der Waals surface area contributed by atoms with Crippen molar-refractivity contribution in [1.29, 1.82) is 0 Å². The third kappa shape index (κ3) is 6.62. The SMILES string of the molecule is CN=C(NCCC(C)c1ccc(OC)cc1)NCc1nccn1CC(C)C. The first-order valence-electron chi connectivity index (χ1n) is 9.62. The lowest BCUT2D eigenvalue weighted by Crippen LogP contribution is -2.38. The molecule has 2 N–H and O–H groups in total. The first-order chi connectivity index (χ1) is 13.0. The Bertz CT molecular complexity index is 706. The Morgan fingerprint density at radius 1 is 1.19 bits per heavy atom. The summed E-state index contributed by atoms with van der Waals surface area (Å²) in [5.41, 5.74) is 1.32. The molecule has 2 rings (SSSR count). The molecule has 2 aromatic rings. The van der Waals surface area contributed by atoms with E-state index in [2.05, 4.69) is 58.1 Å². The number of aliphatic imine (C=N–C) groups is 1. The summed E-state index contributed by atoms with van der Waals surface area (Å²) in [6, 6.07) is 8.29. The van der Waals surface area contributed by atoms with Crippen molar-refractivity contribution in [2.45, 2.75) is 46.2 Å². The zero-order valence-corrected chi connectivity index (χ0v) is 17.2. The molecule has 148 valence electrons. The second-order valence-corrected chi connectivity index (χ2v) is 7.21. The summed E-state index contributed by atoms with van der Waals surface area (Å²) in [5.74, 6) is 3.78. The Morgan fingerprint density at radius 3 is 2.56 bits per heavy atom. The number of benzene rings is 1. The number of aromatic nitrogens is 2. The normalized spacial score (nSPS) is 12.9. The number of methoxy groups -OCH3 is 1. The van der Waals surface area contributed by atoms with Gasteiger partial charge in [-0.1, -0.05) is 32.9 Å². The zero-order valence-electron chi connectivity index (χ0n) is 17.2. The number of guanidine groups is 1. The highest BCUT2D eigenvalue weighted by molar-refractivity contribution is 5.79. The molecule has 0 aliphatic carbocycles. The largest absolute Gasteiger partial charge is 0.497 e. The number of nitrogens with zero attached hydrogens (tertiary/aromatic N) is 3. The van der Waals surface area contributed by atoms with E-state index in [0.29, 0.717) is 18.4 Å². The first-order valence-corrected chi connectivity index (χ1v) is 9.62. The summed E-state index contributed by atoms with van der Waals surface area (Å²) < 4.78 is 7.41. The van der Waals surface area contributed by atoms with Gasteiger partial charge >= 0.3 is 0 Å². The Hall–Kier alpha value is -2.50. The van der Waals surface area contributed by atoms with E-state index >= 15 is 0 Å². The van der Waals surface area contributed by atoms with E-state index < -0.39 is 0 Å². The monoisotopic (exact) mass is 371 g/mol. The molecule has 0 radical (unpaired) electrons. The average molecular weight is 372 g/mol. The summed E-state index contributed by atoms with van der Waals surface area (Å²) in [6.45, 7) is 9.15. The molecule has 0 saturated carbocycles. The van der Waals surface area contributed by atoms with E-state index in [-0.39, 0.29) is 0 Å². The van der Waals surface area contributed by atoms with Crippen LogP contribution in [0.4, 0.5) is 0 Å². The molecule has 0 saturated heterocycles. The van der Waals surface area contributed by atoms with Crippen LogP contribution in [-0.4, -0.2) is 36.2 Å². The van der Waals surface area contributed by atoms with Gasteiger partial charge in [0, 0.05) is 32.5 Å². The lowest BCUT2D eigenvalue weighted by Gasteiger charge is -2.16.